The Bertz CT molecular complexity index is 441. The summed E-state index contributed by atoms with van der Waals surface area (Å²) < 4.78 is 1.08. The molecule has 0 bridgehead atoms. The van der Waals surface area contributed by atoms with E-state index in [2.05, 4.69) is 34.7 Å². The fraction of sp³-hybridized carbons (Fsp3) is 0. The molecule has 0 saturated heterocycles. The van der Waals surface area contributed by atoms with Gasteiger partial charge in [0, 0.05) is 3.58 Å². The maximum Gasteiger partial charge on any atom is 0.0617 e. The second-order valence-corrected chi connectivity index (χ2v) is 4.82. The Balaban J connectivity index is 2.43. The van der Waals surface area contributed by atoms with E-state index in [-0.39, 0.29) is 0 Å². The molecule has 0 saturated carbocycles. The molecule has 0 aliphatic heterocycles. The van der Waals surface area contributed by atoms with Gasteiger partial charge in [-0.3, -0.25) is 0 Å². The van der Waals surface area contributed by atoms with Gasteiger partial charge in [0.25, 0.3) is 0 Å². The SMILES string of the molecule is Cl/C(=C(\I)c1ccccc1)c1ccccc1. The molecule has 80 valence electrons. The summed E-state index contributed by atoms with van der Waals surface area (Å²) in [6.07, 6.45) is 0. The standard InChI is InChI=1S/C14H10ClI/c15-13(11-7-3-1-4-8-11)14(16)12-9-5-2-6-10-12/h1-10H/b14-13-. The maximum absolute atomic E-state index is 6.36. The Morgan fingerprint density at radius 2 is 1.19 bits per heavy atom. The van der Waals surface area contributed by atoms with Crippen molar-refractivity contribution in [1.82, 2.24) is 0 Å². The smallest absolute Gasteiger partial charge is 0.0617 e. The molecule has 0 unspecified atom stereocenters. The molecule has 0 aliphatic carbocycles. The van der Waals surface area contributed by atoms with Crippen molar-refractivity contribution < 1.29 is 0 Å². The van der Waals surface area contributed by atoms with Crippen molar-refractivity contribution >= 4 is 42.8 Å². The lowest BCUT2D eigenvalue weighted by molar-refractivity contribution is 1.63. The quantitative estimate of drug-likeness (QED) is 0.521. The zero-order valence-electron chi connectivity index (χ0n) is 8.53. The molecule has 0 nitrogen and oxygen atoms in total. The van der Waals surface area contributed by atoms with Crippen LogP contribution in [-0.4, -0.2) is 0 Å². The Morgan fingerprint density at radius 1 is 0.750 bits per heavy atom. The van der Waals surface area contributed by atoms with Gasteiger partial charge in [-0.1, -0.05) is 72.3 Å². The van der Waals surface area contributed by atoms with Crippen LogP contribution in [0.1, 0.15) is 11.1 Å². The minimum atomic E-state index is 0.799. The maximum atomic E-state index is 6.36. The molecule has 0 amide bonds. The lowest BCUT2D eigenvalue weighted by Crippen LogP contribution is -1.81. The molecule has 0 fully saturated rings. The average molecular weight is 341 g/mol. The van der Waals surface area contributed by atoms with Crippen molar-refractivity contribution in [2.45, 2.75) is 0 Å². The fourth-order valence-corrected chi connectivity index (χ4v) is 2.33. The van der Waals surface area contributed by atoms with E-state index in [1.807, 2.05) is 48.5 Å². The van der Waals surface area contributed by atoms with E-state index in [4.69, 9.17) is 11.6 Å². The lowest BCUT2D eigenvalue weighted by atomic mass is 10.1. The summed E-state index contributed by atoms with van der Waals surface area (Å²) in [5, 5.41) is 0.799. The monoisotopic (exact) mass is 340 g/mol. The van der Waals surface area contributed by atoms with Crippen LogP contribution in [0.2, 0.25) is 0 Å². The van der Waals surface area contributed by atoms with Gasteiger partial charge in [-0.05, 0) is 33.7 Å². The van der Waals surface area contributed by atoms with E-state index in [1.54, 1.807) is 0 Å². The van der Waals surface area contributed by atoms with Crippen LogP contribution in [0.15, 0.2) is 60.7 Å². The third-order valence-corrected chi connectivity index (χ3v) is 4.14. The third-order valence-electron chi connectivity index (χ3n) is 2.25. The first kappa shape index (κ1) is 11.7. The molecule has 0 aliphatic rings. The summed E-state index contributed by atoms with van der Waals surface area (Å²) in [7, 11) is 0. The van der Waals surface area contributed by atoms with Gasteiger partial charge in [0.15, 0.2) is 0 Å². The minimum absolute atomic E-state index is 0.799. The molecular weight excluding hydrogens is 331 g/mol. The average Bonchev–Trinajstić information content (AvgIpc) is 2.39. The summed E-state index contributed by atoms with van der Waals surface area (Å²) in [5.41, 5.74) is 2.20. The molecule has 2 aromatic carbocycles. The molecule has 0 N–H and O–H groups in total. The van der Waals surface area contributed by atoms with E-state index in [0.717, 1.165) is 19.7 Å². The first-order valence-corrected chi connectivity index (χ1v) is 6.41. The van der Waals surface area contributed by atoms with Gasteiger partial charge >= 0.3 is 0 Å². The number of hydrogen-bond acceptors (Lipinski definition) is 0. The molecule has 2 aromatic rings. The zero-order valence-corrected chi connectivity index (χ0v) is 11.4. The van der Waals surface area contributed by atoms with Crippen LogP contribution in [0.3, 0.4) is 0 Å². The molecule has 0 heterocycles. The number of rotatable bonds is 2. The van der Waals surface area contributed by atoms with Crippen LogP contribution in [0.5, 0.6) is 0 Å². The second-order valence-electron chi connectivity index (χ2n) is 3.36. The van der Waals surface area contributed by atoms with Crippen LogP contribution >= 0.6 is 34.2 Å². The number of benzene rings is 2. The fourth-order valence-electron chi connectivity index (χ4n) is 1.42. The topological polar surface area (TPSA) is 0 Å². The molecule has 0 radical (unpaired) electrons. The van der Waals surface area contributed by atoms with Gasteiger partial charge in [-0.25, -0.2) is 0 Å². The van der Waals surface area contributed by atoms with Crippen molar-refractivity contribution in [3.05, 3.63) is 71.8 Å². The molecule has 0 aromatic heterocycles. The third kappa shape index (κ3) is 2.66. The summed E-state index contributed by atoms with van der Waals surface area (Å²) in [6.45, 7) is 0. The molecule has 16 heavy (non-hydrogen) atoms. The number of halogens is 2. The van der Waals surface area contributed by atoms with Crippen LogP contribution < -0.4 is 0 Å². The van der Waals surface area contributed by atoms with Crippen molar-refractivity contribution in [2.75, 3.05) is 0 Å². The Hall–Kier alpha value is -0.800. The minimum Gasteiger partial charge on any atom is -0.0825 e. The van der Waals surface area contributed by atoms with Crippen LogP contribution in [0.25, 0.3) is 8.61 Å². The predicted molar refractivity (Wildman–Crippen MR) is 79.6 cm³/mol. The Morgan fingerprint density at radius 3 is 1.69 bits per heavy atom. The van der Waals surface area contributed by atoms with Crippen molar-refractivity contribution in [3.63, 3.8) is 0 Å². The van der Waals surface area contributed by atoms with Gasteiger partial charge in [0.2, 0.25) is 0 Å². The first-order chi connectivity index (χ1) is 7.79. The normalized spacial score (nSPS) is 12.1. The highest BCUT2D eigenvalue weighted by atomic mass is 127. The molecule has 2 rings (SSSR count). The highest BCUT2D eigenvalue weighted by Crippen LogP contribution is 2.33. The molecular formula is C14H10ClI. The predicted octanol–water partition coefficient (Wildman–Crippen LogP) is 5.19. The van der Waals surface area contributed by atoms with E-state index < -0.39 is 0 Å². The zero-order chi connectivity index (χ0) is 11.4. The van der Waals surface area contributed by atoms with Gasteiger partial charge in [0.1, 0.15) is 0 Å². The highest BCUT2D eigenvalue weighted by Gasteiger charge is 2.05. The van der Waals surface area contributed by atoms with Gasteiger partial charge < -0.3 is 0 Å². The number of hydrogen-bond donors (Lipinski definition) is 0. The van der Waals surface area contributed by atoms with Gasteiger partial charge in [-0.2, -0.15) is 0 Å². The summed E-state index contributed by atoms with van der Waals surface area (Å²) in [4.78, 5) is 0. The second kappa shape index (κ2) is 5.51. The summed E-state index contributed by atoms with van der Waals surface area (Å²) >= 11 is 8.65. The lowest BCUT2D eigenvalue weighted by Gasteiger charge is -2.04. The Kier molecular flexibility index (Phi) is 4.02. The van der Waals surface area contributed by atoms with Crippen molar-refractivity contribution in [2.24, 2.45) is 0 Å². The van der Waals surface area contributed by atoms with Gasteiger partial charge in [-0.15, -0.1) is 0 Å². The first-order valence-electron chi connectivity index (χ1n) is 4.95. The van der Waals surface area contributed by atoms with Crippen LogP contribution in [0, 0.1) is 0 Å². The van der Waals surface area contributed by atoms with Crippen molar-refractivity contribution in [1.29, 1.82) is 0 Å². The molecule has 0 spiro atoms. The van der Waals surface area contributed by atoms with E-state index in [0.29, 0.717) is 0 Å². The summed E-state index contributed by atoms with van der Waals surface area (Å²) in [5.74, 6) is 0. The molecule has 0 atom stereocenters. The Labute approximate surface area is 114 Å². The van der Waals surface area contributed by atoms with E-state index in [1.165, 1.54) is 0 Å². The van der Waals surface area contributed by atoms with Crippen molar-refractivity contribution in [3.8, 4) is 0 Å². The van der Waals surface area contributed by atoms with Gasteiger partial charge in [0.05, 0.1) is 5.03 Å². The largest absolute Gasteiger partial charge is 0.0825 e. The highest BCUT2D eigenvalue weighted by molar-refractivity contribution is 14.1. The van der Waals surface area contributed by atoms with E-state index in [9.17, 15) is 0 Å². The van der Waals surface area contributed by atoms with Crippen LogP contribution in [0.4, 0.5) is 0 Å². The van der Waals surface area contributed by atoms with E-state index >= 15 is 0 Å². The molecule has 2 heteroatoms. The summed E-state index contributed by atoms with van der Waals surface area (Å²) in [6, 6.07) is 20.2. The van der Waals surface area contributed by atoms with Crippen LogP contribution in [-0.2, 0) is 0 Å².